The second kappa shape index (κ2) is 5.96. The Labute approximate surface area is 135 Å². The van der Waals surface area contributed by atoms with Crippen molar-refractivity contribution in [1.82, 2.24) is 4.90 Å². The third kappa shape index (κ3) is 3.72. The van der Waals surface area contributed by atoms with Crippen LogP contribution in [0.4, 0.5) is 5.69 Å². The van der Waals surface area contributed by atoms with Crippen LogP contribution in [-0.4, -0.2) is 49.7 Å². The highest BCUT2D eigenvalue weighted by atomic mass is 32.2. The van der Waals surface area contributed by atoms with Crippen LogP contribution < -0.4 is 5.32 Å². The number of sulfone groups is 1. The van der Waals surface area contributed by atoms with Gasteiger partial charge in [0.1, 0.15) is 9.84 Å². The highest BCUT2D eigenvalue weighted by molar-refractivity contribution is 7.90. The van der Waals surface area contributed by atoms with E-state index in [0.717, 1.165) is 24.1 Å². The zero-order valence-electron chi connectivity index (χ0n) is 13.0. The first-order valence-electron chi connectivity index (χ1n) is 7.72. The molecule has 1 unspecified atom stereocenters. The van der Waals surface area contributed by atoms with E-state index in [0.29, 0.717) is 0 Å². The van der Waals surface area contributed by atoms with Crippen molar-refractivity contribution in [1.29, 1.82) is 0 Å². The highest BCUT2D eigenvalue weighted by Gasteiger charge is 2.37. The predicted octanol–water partition coefficient (Wildman–Crippen LogP) is 1.15. The second-order valence-corrected chi connectivity index (χ2v) is 8.54. The Morgan fingerprint density at radius 2 is 2.00 bits per heavy atom. The van der Waals surface area contributed by atoms with Crippen LogP contribution in [-0.2, 0) is 19.4 Å². The summed E-state index contributed by atoms with van der Waals surface area (Å²) in [5, 5.41) is 2.79. The monoisotopic (exact) mass is 336 g/mol. The maximum atomic E-state index is 12.6. The van der Waals surface area contributed by atoms with Crippen molar-refractivity contribution in [2.45, 2.75) is 31.2 Å². The predicted molar refractivity (Wildman–Crippen MR) is 86.9 cm³/mol. The summed E-state index contributed by atoms with van der Waals surface area (Å²) in [4.78, 5) is 26.4. The maximum Gasteiger partial charge on any atom is 0.232 e. The van der Waals surface area contributed by atoms with Crippen LogP contribution in [0.2, 0.25) is 0 Å². The number of carbonyl (C=O) groups excluding carboxylic acids is 2. The largest absolute Gasteiger partial charge is 0.339 e. The number of fused-ring (bicyclic) bond motifs is 1. The van der Waals surface area contributed by atoms with Gasteiger partial charge < -0.3 is 10.2 Å². The number of hydrogen-bond acceptors (Lipinski definition) is 4. The summed E-state index contributed by atoms with van der Waals surface area (Å²) < 4.78 is 22.7. The van der Waals surface area contributed by atoms with Gasteiger partial charge in [-0.1, -0.05) is 18.2 Å². The smallest absolute Gasteiger partial charge is 0.232 e. The molecule has 1 N–H and O–H groups in total. The van der Waals surface area contributed by atoms with E-state index in [1.807, 2.05) is 24.3 Å². The summed E-state index contributed by atoms with van der Waals surface area (Å²) in [5.74, 6) is -0.840. The molecule has 2 aliphatic rings. The minimum absolute atomic E-state index is 0.0390. The molecule has 0 spiro atoms. The van der Waals surface area contributed by atoms with Gasteiger partial charge in [0.05, 0.1) is 11.7 Å². The molecule has 0 bridgehead atoms. The first-order valence-corrected chi connectivity index (χ1v) is 9.78. The number of carbonyl (C=O) groups is 2. The molecule has 1 atom stereocenters. The van der Waals surface area contributed by atoms with Crippen LogP contribution in [0.25, 0.3) is 0 Å². The summed E-state index contributed by atoms with van der Waals surface area (Å²) in [6.45, 7) is 0.207. The van der Waals surface area contributed by atoms with E-state index in [4.69, 9.17) is 0 Å². The lowest BCUT2D eigenvalue weighted by atomic mass is 9.96. The molecule has 6 nitrogen and oxygen atoms in total. The molecular weight excluding hydrogens is 316 g/mol. The van der Waals surface area contributed by atoms with Gasteiger partial charge in [-0.05, 0) is 24.5 Å². The van der Waals surface area contributed by atoms with E-state index >= 15 is 0 Å². The molecule has 2 amide bonds. The average Bonchev–Trinajstić information content (AvgIpc) is 3.24. The van der Waals surface area contributed by atoms with Crippen molar-refractivity contribution >= 4 is 27.3 Å². The maximum absolute atomic E-state index is 12.6. The van der Waals surface area contributed by atoms with Crippen molar-refractivity contribution in [2.75, 3.05) is 23.9 Å². The van der Waals surface area contributed by atoms with Gasteiger partial charge in [-0.25, -0.2) is 8.42 Å². The van der Waals surface area contributed by atoms with Crippen molar-refractivity contribution in [2.24, 2.45) is 0 Å². The number of hydrogen-bond donors (Lipinski definition) is 1. The first-order chi connectivity index (χ1) is 10.8. The fourth-order valence-electron chi connectivity index (χ4n) is 2.93. The molecule has 1 fully saturated rings. The molecule has 1 aromatic rings. The van der Waals surface area contributed by atoms with Gasteiger partial charge in [0, 0.05) is 31.0 Å². The normalized spacial score (nSPS) is 20.0. The Hall–Kier alpha value is -1.89. The van der Waals surface area contributed by atoms with Crippen molar-refractivity contribution < 1.29 is 18.0 Å². The molecule has 0 radical (unpaired) electrons. The van der Waals surface area contributed by atoms with Crippen LogP contribution in [0.3, 0.4) is 0 Å². The van der Waals surface area contributed by atoms with Gasteiger partial charge in [0.15, 0.2) is 0 Å². The first kappa shape index (κ1) is 16.0. The summed E-state index contributed by atoms with van der Waals surface area (Å²) >= 11 is 0. The Bertz CT molecular complexity index is 740. The molecule has 7 heteroatoms. The van der Waals surface area contributed by atoms with Crippen LogP contribution >= 0.6 is 0 Å². The Kier molecular flexibility index (Phi) is 4.14. The van der Waals surface area contributed by atoms with E-state index in [9.17, 15) is 18.0 Å². The van der Waals surface area contributed by atoms with Crippen molar-refractivity contribution in [3.8, 4) is 0 Å². The molecule has 1 aromatic carbocycles. The number of anilines is 1. The molecule has 124 valence electrons. The summed E-state index contributed by atoms with van der Waals surface area (Å²) in [7, 11) is -3.12. The summed E-state index contributed by atoms with van der Waals surface area (Å²) in [6, 6.07) is 7.48. The van der Waals surface area contributed by atoms with E-state index in [1.165, 1.54) is 6.26 Å². The van der Waals surface area contributed by atoms with Crippen LogP contribution in [0.15, 0.2) is 24.3 Å². The van der Waals surface area contributed by atoms with Crippen LogP contribution in [0.5, 0.6) is 0 Å². The Balaban J connectivity index is 1.71. The number of rotatable bonds is 6. The molecule has 0 saturated heterocycles. The molecule has 1 aliphatic carbocycles. The fourth-order valence-corrected chi connectivity index (χ4v) is 3.46. The molecule has 0 aromatic heterocycles. The minimum Gasteiger partial charge on any atom is -0.339 e. The second-order valence-electron chi connectivity index (χ2n) is 6.28. The summed E-state index contributed by atoms with van der Waals surface area (Å²) in [6.07, 6.45) is 3.07. The average molecular weight is 336 g/mol. The lowest BCUT2D eigenvalue weighted by Gasteiger charge is -2.23. The summed E-state index contributed by atoms with van der Waals surface area (Å²) in [5.41, 5.74) is 1.59. The highest BCUT2D eigenvalue weighted by Crippen LogP contribution is 2.36. The number of amides is 2. The van der Waals surface area contributed by atoms with Crippen LogP contribution in [0, 0.1) is 0 Å². The number of nitrogens with one attached hydrogen (secondary N) is 1. The Morgan fingerprint density at radius 1 is 1.30 bits per heavy atom. The molecule has 1 aliphatic heterocycles. The minimum atomic E-state index is -3.12. The van der Waals surface area contributed by atoms with Crippen molar-refractivity contribution in [3.63, 3.8) is 0 Å². The van der Waals surface area contributed by atoms with E-state index < -0.39 is 15.8 Å². The topological polar surface area (TPSA) is 83.6 Å². The Morgan fingerprint density at radius 3 is 2.65 bits per heavy atom. The van der Waals surface area contributed by atoms with Gasteiger partial charge in [-0.15, -0.1) is 0 Å². The lowest BCUT2D eigenvalue weighted by Crippen LogP contribution is -2.38. The zero-order valence-corrected chi connectivity index (χ0v) is 13.8. The van der Waals surface area contributed by atoms with Gasteiger partial charge in [0.25, 0.3) is 0 Å². The van der Waals surface area contributed by atoms with E-state index in [1.54, 1.807) is 4.90 Å². The number of benzene rings is 1. The number of nitrogens with zero attached hydrogens (tertiary/aromatic N) is 1. The van der Waals surface area contributed by atoms with E-state index in [2.05, 4.69) is 5.32 Å². The van der Waals surface area contributed by atoms with Gasteiger partial charge in [-0.3, -0.25) is 9.59 Å². The molecular formula is C16H20N2O4S. The van der Waals surface area contributed by atoms with E-state index in [-0.39, 0.29) is 36.6 Å². The fraction of sp³-hybridized carbons (Fsp3) is 0.500. The quantitative estimate of drug-likeness (QED) is 0.844. The van der Waals surface area contributed by atoms with Gasteiger partial charge in [-0.2, -0.15) is 0 Å². The van der Waals surface area contributed by atoms with Gasteiger partial charge >= 0.3 is 0 Å². The standard InChI is InChI=1S/C16H20N2O4S/c1-23(21,22)9-8-18(11-6-7-11)15(19)10-13-12-4-2-3-5-14(12)17-16(13)20/h2-5,11,13H,6-10H2,1H3,(H,17,20). The van der Waals surface area contributed by atoms with Gasteiger partial charge in [0.2, 0.25) is 11.8 Å². The molecule has 3 rings (SSSR count). The molecule has 23 heavy (non-hydrogen) atoms. The third-order valence-corrected chi connectivity index (χ3v) is 5.22. The lowest BCUT2D eigenvalue weighted by molar-refractivity contribution is -0.133. The molecule has 1 saturated carbocycles. The molecule has 1 heterocycles. The third-order valence-electron chi connectivity index (χ3n) is 4.30. The van der Waals surface area contributed by atoms with Crippen molar-refractivity contribution in [3.05, 3.63) is 29.8 Å². The SMILES string of the molecule is CS(=O)(=O)CCN(C(=O)CC1C(=O)Nc2ccccc21)C1CC1. The number of para-hydroxylation sites is 1. The zero-order chi connectivity index (χ0) is 16.6. The van der Waals surface area contributed by atoms with Crippen LogP contribution in [0.1, 0.15) is 30.7 Å².